The Hall–Kier alpha value is -1.85. The Morgan fingerprint density at radius 3 is 2.17 bits per heavy atom. The summed E-state index contributed by atoms with van der Waals surface area (Å²) in [6.07, 6.45) is 7.86. The monoisotopic (exact) mass is 364 g/mol. The number of nitrogens with zero attached hydrogens (tertiary/aromatic N) is 3. The normalized spacial score (nSPS) is 15.0. The van der Waals surface area contributed by atoms with E-state index in [0.717, 1.165) is 25.9 Å². The van der Waals surface area contributed by atoms with Crippen molar-refractivity contribution in [2.75, 3.05) is 23.3 Å². The van der Waals surface area contributed by atoms with Crippen LogP contribution in [0.3, 0.4) is 0 Å². The van der Waals surface area contributed by atoms with Gasteiger partial charge in [-0.15, -0.1) is 0 Å². The van der Waals surface area contributed by atoms with Gasteiger partial charge in [-0.05, 0) is 25.0 Å². The molecule has 1 aliphatic rings. The second-order valence-corrected chi connectivity index (χ2v) is 6.54. The maximum absolute atomic E-state index is 12.3. The molecule has 0 unspecified atom stereocenters. The molecule has 0 radical (unpaired) electrons. The van der Waals surface area contributed by atoms with Crippen LogP contribution in [0.1, 0.15) is 36.0 Å². The maximum atomic E-state index is 12.3. The van der Waals surface area contributed by atoms with Crippen molar-refractivity contribution in [2.24, 2.45) is 0 Å². The van der Waals surface area contributed by atoms with Gasteiger partial charge >= 0.3 is 0 Å². The fraction of sp³-hybridized carbons (Fsp3) is 0.353. The van der Waals surface area contributed by atoms with Crippen LogP contribution in [0.25, 0.3) is 0 Å². The lowest BCUT2D eigenvalue weighted by Crippen LogP contribution is -2.26. The molecule has 1 aromatic carbocycles. The smallest absolute Gasteiger partial charge is 0.258 e. The van der Waals surface area contributed by atoms with Gasteiger partial charge in [-0.3, -0.25) is 4.79 Å². The summed E-state index contributed by atoms with van der Waals surface area (Å²) >= 11 is 12.1. The topological polar surface area (TPSA) is 58.1 Å². The van der Waals surface area contributed by atoms with Crippen LogP contribution < -0.4 is 10.2 Å². The average molecular weight is 365 g/mol. The van der Waals surface area contributed by atoms with Crippen LogP contribution >= 0.6 is 23.2 Å². The minimum absolute atomic E-state index is 0.340. The van der Waals surface area contributed by atoms with E-state index in [1.54, 1.807) is 18.2 Å². The first kappa shape index (κ1) is 17.0. The fourth-order valence-corrected chi connectivity index (χ4v) is 3.17. The van der Waals surface area contributed by atoms with E-state index in [0.29, 0.717) is 27.2 Å². The van der Waals surface area contributed by atoms with Crippen molar-refractivity contribution in [3.05, 3.63) is 46.2 Å². The molecule has 5 nitrogen and oxygen atoms in total. The molecule has 0 aliphatic carbocycles. The van der Waals surface area contributed by atoms with Gasteiger partial charge in [0.2, 0.25) is 5.95 Å². The Labute approximate surface area is 151 Å². The summed E-state index contributed by atoms with van der Waals surface area (Å²) < 4.78 is 0. The van der Waals surface area contributed by atoms with Gasteiger partial charge in [0.25, 0.3) is 5.91 Å². The molecule has 1 aliphatic heterocycles. The number of carbonyl (C=O) groups is 1. The lowest BCUT2D eigenvalue weighted by atomic mass is 10.2. The molecule has 126 valence electrons. The number of rotatable bonds is 3. The van der Waals surface area contributed by atoms with Gasteiger partial charge in [0, 0.05) is 25.5 Å². The standard InChI is InChI=1S/C17H18Cl2N4O/c18-13-6-5-7-14(19)15(13)22-16(24)12-10-20-17(21-11-12)23-8-3-1-2-4-9-23/h5-7,10-11H,1-4,8-9H2,(H,22,24). The van der Waals surface area contributed by atoms with E-state index in [4.69, 9.17) is 23.2 Å². The van der Waals surface area contributed by atoms with Crippen LogP contribution in [0.15, 0.2) is 30.6 Å². The first-order chi connectivity index (χ1) is 11.6. The highest BCUT2D eigenvalue weighted by Crippen LogP contribution is 2.30. The molecule has 24 heavy (non-hydrogen) atoms. The molecule has 1 fully saturated rings. The number of nitrogens with one attached hydrogen (secondary N) is 1. The van der Waals surface area contributed by atoms with E-state index in [2.05, 4.69) is 20.2 Å². The molecule has 0 spiro atoms. The molecule has 1 saturated heterocycles. The molecular formula is C17H18Cl2N4O. The summed E-state index contributed by atoms with van der Waals surface area (Å²) in [6, 6.07) is 5.06. The number of aromatic nitrogens is 2. The molecule has 1 N–H and O–H groups in total. The van der Waals surface area contributed by atoms with Crippen LogP contribution in [0.4, 0.5) is 11.6 Å². The van der Waals surface area contributed by atoms with Crippen molar-refractivity contribution in [1.29, 1.82) is 0 Å². The van der Waals surface area contributed by atoms with Crippen molar-refractivity contribution in [1.82, 2.24) is 9.97 Å². The molecular weight excluding hydrogens is 347 g/mol. The lowest BCUT2D eigenvalue weighted by molar-refractivity contribution is 0.102. The Kier molecular flexibility index (Phi) is 5.53. The highest BCUT2D eigenvalue weighted by molar-refractivity contribution is 6.40. The third-order valence-electron chi connectivity index (χ3n) is 3.99. The third-order valence-corrected chi connectivity index (χ3v) is 4.62. The predicted molar refractivity (Wildman–Crippen MR) is 97.1 cm³/mol. The lowest BCUT2D eigenvalue weighted by Gasteiger charge is -2.19. The van der Waals surface area contributed by atoms with Crippen LogP contribution in [0, 0.1) is 0 Å². The number of anilines is 2. The van der Waals surface area contributed by atoms with E-state index in [9.17, 15) is 4.79 Å². The molecule has 2 aromatic rings. The van der Waals surface area contributed by atoms with Crippen LogP contribution in [-0.2, 0) is 0 Å². The Bertz CT molecular complexity index is 693. The molecule has 1 amide bonds. The van der Waals surface area contributed by atoms with Gasteiger partial charge in [-0.2, -0.15) is 0 Å². The summed E-state index contributed by atoms with van der Waals surface area (Å²) in [4.78, 5) is 23.2. The summed E-state index contributed by atoms with van der Waals surface area (Å²) in [5, 5.41) is 3.48. The zero-order chi connectivity index (χ0) is 16.9. The van der Waals surface area contributed by atoms with Gasteiger partial charge in [0.15, 0.2) is 0 Å². The number of para-hydroxylation sites is 1. The van der Waals surface area contributed by atoms with Gasteiger partial charge in [0.1, 0.15) is 0 Å². The van der Waals surface area contributed by atoms with E-state index >= 15 is 0 Å². The Morgan fingerprint density at radius 2 is 1.58 bits per heavy atom. The summed E-state index contributed by atoms with van der Waals surface area (Å²) in [5.74, 6) is 0.330. The van der Waals surface area contributed by atoms with Crippen molar-refractivity contribution >= 4 is 40.7 Å². The number of carbonyl (C=O) groups excluding carboxylic acids is 1. The summed E-state index contributed by atoms with van der Waals surface area (Å²) in [5.41, 5.74) is 0.756. The summed E-state index contributed by atoms with van der Waals surface area (Å²) in [7, 11) is 0. The first-order valence-corrected chi connectivity index (χ1v) is 8.73. The molecule has 0 atom stereocenters. The predicted octanol–water partition coefficient (Wildman–Crippen LogP) is 4.42. The number of hydrogen-bond acceptors (Lipinski definition) is 4. The van der Waals surface area contributed by atoms with Crippen molar-refractivity contribution in [3.8, 4) is 0 Å². The molecule has 0 bridgehead atoms. The van der Waals surface area contributed by atoms with E-state index < -0.39 is 0 Å². The van der Waals surface area contributed by atoms with Crippen LogP contribution in [0.5, 0.6) is 0 Å². The zero-order valence-corrected chi connectivity index (χ0v) is 14.6. The van der Waals surface area contributed by atoms with E-state index in [1.807, 2.05) is 0 Å². The van der Waals surface area contributed by atoms with Gasteiger partial charge in [-0.1, -0.05) is 42.1 Å². The number of halogens is 2. The second-order valence-electron chi connectivity index (χ2n) is 5.72. The van der Waals surface area contributed by atoms with Crippen LogP contribution in [0.2, 0.25) is 10.0 Å². The van der Waals surface area contributed by atoms with Crippen LogP contribution in [-0.4, -0.2) is 29.0 Å². The van der Waals surface area contributed by atoms with Gasteiger partial charge in [0.05, 0.1) is 21.3 Å². The Morgan fingerprint density at radius 1 is 1.00 bits per heavy atom. The maximum Gasteiger partial charge on any atom is 0.258 e. The molecule has 3 rings (SSSR count). The van der Waals surface area contributed by atoms with Crippen molar-refractivity contribution in [2.45, 2.75) is 25.7 Å². The second kappa shape index (κ2) is 7.81. The number of hydrogen-bond donors (Lipinski definition) is 1. The quantitative estimate of drug-likeness (QED) is 0.875. The zero-order valence-electron chi connectivity index (χ0n) is 13.1. The molecule has 7 heteroatoms. The van der Waals surface area contributed by atoms with E-state index in [1.165, 1.54) is 25.2 Å². The van der Waals surface area contributed by atoms with Crippen molar-refractivity contribution < 1.29 is 4.79 Å². The van der Waals surface area contributed by atoms with E-state index in [-0.39, 0.29) is 5.91 Å². The van der Waals surface area contributed by atoms with Gasteiger partial charge in [-0.25, -0.2) is 9.97 Å². The van der Waals surface area contributed by atoms with Gasteiger partial charge < -0.3 is 10.2 Å². The number of benzene rings is 1. The first-order valence-electron chi connectivity index (χ1n) is 7.97. The third kappa shape index (κ3) is 3.97. The largest absolute Gasteiger partial charge is 0.341 e. The Balaban J connectivity index is 1.72. The molecule has 1 aromatic heterocycles. The minimum atomic E-state index is -0.340. The average Bonchev–Trinajstić information content (AvgIpc) is 2.88. The SMILES string of the molecule is O=C(Nc1c(Cl)cccc1Cl)c1cnc(N2CCCCCC2)nc1. The highest BCUT2D eigenvalue weighted by atomic mass is 35.5. The fourth-order valence-electron chi connectivity index (χ4n) is 2.68. The minimum Gasteiger partial charge on any atom is -0.341 e. The van der Waals surface area contributed by atoms with Crippen molar-refractivity contribution in [3.63, 3.8) is 0 Å². The molecule has 2 heterocycles. The highest BCUT2D eigenvalue weighted by Gasteiger charge is 2.15. The number of amides is 1. The molecule has 0 saturated carbocycles. The summed E-state index contributed by atoms with van der Waals surface area (Å²) in [6.45, 7) is 1.92.